The third-order valence-electron chi connectivity index (χ3n) is 3.70. The molecule has 0 fully saturated rings. The first kappa shape index (κ1) is 19.1. The first-order chi connectivity index (χ1) is 10.7. The van der Waals surface area contributed by atoms with Gasteiger partial charge in [-0.1, -0.05) is 20.8 Å². The van der Waals surface area contributed by atoms with Crippen LogP contribution in [0.1, 0.15) is 32.8 Å². The first-order valence-corrected chi connectivity index (χ1v) is 7.47. The lowest BCUT2D eigenvalue weighted by molar-refractivity contribution is -0.138. The zero-order valence-electron chi connectivity index (χ0n) is 14.7. The van der Waals surface area contributed by atoms with Crippen LogP contribution in [-0.2, 0) is 11.3 Å². The minimum atomic E-state index is -0.817. The van der Waals surface area contributed by atoms with E-state index in [0.29, 0.717) is 23.8 Å². The number of carboxylic acids is 1. The number of carboxylic acid groups (broad SMARTS) is 1. The van der Waals surface area contributed by atoms with E-state index in [1.54, 1.807) is 21.3 Å². The van der Waals surface area contributed by atoms with Crippen molar-refractivity contribution >= 4 is 5.97 Å². The van der Waals surface area contributed by atoms with Crippen LogP contribution >= 0.6 is 0 Å². The van der Waals surface area contributed by atoms with Crippen molar-refractivity contribution in [2.24, 2.45) is 5.41 Å². The molecule has 1 aromatic carbocycles. The number of carbonyl (C=O) groups is 1. The molecular weight excluding hydrogens is 298 g/mol. The summed E-state index contributed by atoms with van der Waals surface area (Å²) in [6, 6.07) is 3.56. The predicted molar refractivity (Wildman–Crippen MR) is 88.4 cm³/mol. The van der Waals surface area contributed by atoms with Crippen LogP contribution in [0.4, 0.5) is 0 Å². The van der Waals surface area contributed by atoms with Crippen LogP contribution in [-0.4, -0.2) is 38.4 Å². The van der Waals surface area contributed by atoms with Gasteiger partial charge in [-0.15, -0.1) is 0 Å². The van der Waals surface area contributed by atoms with Gasteiger partial charge in [0.25, 0.3) is 0 Å². The van der Waals surface area contributed by atoms with E-state index in [1.807, 2.05) is 32.9 Å². The van der Waals surface area contributed by atoms with Gasteiger partial charge in [0.2, 0.25) is 5.75 Å². The van der Waals surface area contributed by atoms with Crippen molar-refractivity contribution in [1.29, 1.82) is 0 Å². The van der Waals surface area contributed by atoms with Crippen LogP contribution < -0.4 is 19.5 Å². The number of hydrogen-bond donors (Lipinski definition) is 2. The molecule has 0 saturated heterocycles. The van der Waals surface area contributed by atoms with Crippen molar-refractivity contribution in [1.82, 2.24) is 5.32 Å². The normalized spacial score (nSPS) is 12.6. The fourth-order valence-electron chi connectivity index (χ4n) is 2.34. The molecule has 0 saturated carbocycles. The fraction of sp³-hybridized carbons (Fsp3) is 0.588. The summed E-state index contributed by atoms with van der Waals surface area (Å²) in [5.74, 6) is 0.877. The van der Waals surface area contributed by atoms with Gasteiger partial charge >= 0.3 is 5.97 Å². The molecule has 1 atom stereocenters. The van der Waals surface area contributed by atoms with Gasteiger partial charge in [-0.2, -0.15) is 0 Å². The molecule has 0 aliphatic carbocycles. The molecule has 0 aliphatic heterocycles. The van der Waals surface area contributed by atoms with Crippen LogP contribution in [0.3, 0.4) is 0 Å². The number of aliphatic carboxylic acids is 1. The molecule has 0 amide bonds. The molecule has 6 nitrogen and oxygen atoms in total. The molecule has 2 N–H and O–H groups in total. The minimum Gasteiger partial charge on any atom is -0.493 e. The summed E-state index contributed by atoms with van der Waals surface area (Å²) in [4.78, 5) is 11.1. The van der Waals surface area contributed by atoms with Crippen molar-refractivity contribution in [3.05, 3.63) is 17.7 Å². The Balaban J connectivity index is 2.97. The highest BCUT2D eigenvalue weighted by Gasteiger charge is 2.26. The second-order valence-electron chi connectivity index (χ2n) is 6.43. The third kappa shape index (κ3) is 5.32. The molecular formula is C17H27NO5. The van der Waals surface area contributed by atoms with Gasteiger partial charge in [-0.05, 0) is 23.1 Å². The zero-order valence-corrected chi connectivity index (χ0v) is 14.7. The van der Waals surface area contributed by atoms with Crippen molar-refractivity contribution in [2.75, 3.05) is 21.3 Å². The van der Waals surface area contributed by atoms with Crippen molar-refractivity contribution < 1.29 is 24.1 Å². The topological polar surface area (TPSA) is 77.0 Å². The maximum Gasteiger partial charge on any atom is 0.304 e. The summed E-state index contributed by atoms with van der Waals surface area (Å²) < 4.78 is 16.0. The standard InChI is InChI=1S/C17H27NO5/c1-17(2,3)14(9-15(19)20)18-10-11-7-12(21-4)16(23-6)13(8-11)22-5/h7-8,14,18H,9-10H2,1-6H3,(H,19,20). The molecule has 23 heavy (non-hydrogen) atoms. The summed E-state index contributed by atoms with van der Waals surface area (Å²) in [5, 5.41) is 12.4. The van der Waals surface area contributed by atoms with Crippen molar-refractivity contribution in [3.8, 4) is 17.2 Å². The van der Waals surface area contributed by atoms with E-state index in [4.69, 9.17) is 19.3 Å². The van der Waals surface area contributed by atoms with Crippen LogP contribution in [0, 0.1) is 5.41 Å². The molecule has 0 heterocycles. The Morgan fingerprint density at radius 2 is 1.65 bits per heavy atom. The van der Waals surface area contributed by atoms with Gasteiger partial charge in [0, 0.05) is 12.6 Å². The Kier molecular flexibility index (Phi) is 6.69. The molecule has 1 unspecified atom stereocenters. The van der Waals surface area contributed by atoms with E-state index in [9.17, 15) is 4.79 Å². The monoisotopic (exact) mass is 325 g/mol. The van der Waals surface area contributed by atoms with E-state index in [2.05, 4.69) is 5.32 Å². The Morgan fingerprint density at radius 3 is 2.00 bits per heavy atom. The lowest BCUT2D eigenvalue weighted by atomic mass is 9.84. The zero-order chi connectivity index (χ0) is 17.6. The van der Waals surface area contributed by atoms with E-state index in [0.717, 1.165) is 5.56 Å². The Bertz CT molecular complexity index is 511. The van der Waals surface area contributed by atoms with E-state index in [-0.39, 0.29) is 17.9 Å². The largest absolute Gasteiger partial charge is 0.493 e. The van der Waals surface area contributed by atoms with Gasteiger partial charge in [0.05, 0.1) is 27.8 Å². The average molecular weight is 325 g/mol. The number of rotatable bonds is 8. The molecule has 0 spiro atoms. The molecule has 6 heteroatoms. The van der Waals surface area contributed by atoms with Crippen LogP contribution in [0.25, 0.3) is 0 Å². The smallest absolute Gasteiger partial charge is 0.304 e. The predicted octanol–water partition coefficient (Wildman–Crippen LogP) is 2.69. The van der Waals surface area contributed by atoms with Crippen LogP contribution in [0.2, 0.25) is 0 Å². The maximum absolute atomic E-state index is 11.1. The quantitative estimate of drug-likeness (QED) is 0.765. The lowest BCUT2D eigenvalue weighted by Crippen LogP contribution is -2.41. The highest BCUT2D eigenvalue weighted by Crippen LogP contribution is 2.38. The highest BCUT2D eigenvalue weighted by molar-refractivity contribution is 5.67. The second-order valence-corrected chi connectivity index (χ2v) is 6.43. The molecule has 1 rings (SSSR count). The first-order valence-electron chi connectivity index (χ1n) is 7.47. The molecule has 0 bridgehead atoms. The summed E-state index contributed by atoms with van der Waals surface area (Å²) >= 11 is 0. The summed E-state index contributed by atoms with van der Waals surface area (Å²) in [6.07, 6.45) is 0.0634. The van der Waals surface area contributed by atoms with Gasteiger partial charge in [0.15, 0.2) is 11.5 Å². The average Bonchev–Trinajstić information content (AvgIpc) is 2.48. The van der Waals surface area contributed by atoms with E-state index >= 15 is 0 Å². The number of ether oxygens (including phenoxy) is 3. The summed E-state index contributed by atoms with van der Waals surface area (Å²) in [6.45, 7) is 6.56. The molecule has 0 aromatic heterocycles. The lowest BCUT2D eigenvalue weighted by Gasteiger charge is -2.30. The van der Waals surface area contributed by atoms with Gasteiger partial charge in [0.1, 0.15) is 0 Å². The van der Waals surface area contributed by atoms with Crippen molar-refractivity contribution in [3.63, 3.8) is 0 Å². The minimum absolute atomic E-state index is 0.0634. The number of nitrogens with one attached hydrogen (secondary N) is 1. The number of benzene rings is 1. The third-order valence-corrected chi connectivity index (χ3v) is 3.70. The SMILES string of the molecule is COc1cc(CNC(CC(=O)O)C(C)(C)C)cc(OC)c1OC. The Labute approximate surface area is 137 Å². The maximum atomic E-state index is 11.1. The van der Waals surface area contributed by atoms with Gasteiger partial charge in [-0.25, -0.2) is 0 Å². The Hall–Kier alpha value is -1.95. The molecule has 130 valence electrons. The molecule has 0 aliphatic rings. The van der Waals surface area contributed by atoms with Crippen molar-refractivity contribution in [2.45, 2.75) is 39.8 Å². The number of hydrogen-bond acceptors (Lipinski definition) is 5. The molecule has 1 aromatic rings. The van der Waals surface area contributed by atoms with Crippen LogP contribution in [0.5, 0.6) is 17.2 Å². The van der Waals surface area contributed by atoms with Crippen LogP contribution in [0.15, 0.2) is 12.1 Å². The van der Waals surface area contributed by atoms with E-state index < -0.39 is 5.97 Å². The van der Waals surface area contributed by atoms with Gasteiger partial charge < -0.3 is 24.6 Å². The summed E-state index contributed by atoms with van der Waals surface area (Å²) in [5.41, 5.74) is 0.762. The van der Waals surface area contributed by atoms with Gasteiger partial charge in [-0.3, -0.25) is 4.79 Å². The second kappa shape index (κ2) is 8.06. The highest BCUT2D eigenvalue weighted by atomic mass is 16.5. The summed E-state index contributed by atoms with van der Waals surface area (Å²) in [7, 11) is 4.69. The Morgan fingerprint density at radius 1 is 1.13 bits per heavy atom. The van der Waals surface area contributed by atoms with E-state index in [1.165, 1.54) is 0 Å². The molecule has 0 radical (unpaired) electrons. The number of methoxy groups -OCH3 is 3. The fourth-order valence-corrected chi connectivity index (χ4v) is 2.34.